The van der Waals surface area contributed by atoms with E-state index in [1.165, 1.54) is 13.0 Å². The molecule has 0 spiro atoms. The van der Waals surface area contributed by atoms with Crippen LogP contribution in [-0.2, 0) is 11.3 Å². The van der Waals surface area contributed by atoms with Crippen LogP contribution in [0.4, 0.5) is 16.0 Å². The maximum Gasteiger partial charge on any atom is 0.268 e. The van der Waals surface area contributed by atoms with Crippen LogP contribution >= 0.6 is 11.3 Å². The lowest BCUT2D eigenvalue weighted by molar-refractivity contribution is -0.111. The molecular weight excluding hydrogens is 543 g/mol. The Labute approximate surface area is 241 Å². The number of nitrogens with one attached hydrogen (secondary N) is 2. The highest BCUT2D eigenvalue weighted by Crippen LogP contribution is 2.30. The highest BCUT2D eigenvalue weighted by atomic mass is 32.1. The maximum absolute atomic E-state index is 13.8. The third kappa shape index (κ3) is 6.71. The number of piperazine rings is 1. The van der Waals surface area contributed by atoms with Gasteiger partial charge in [-0.15, -0.1) is 11.3 Å². The molecule has 1 fully saturated rings. The van der Waals surface area contributed by atoms with Crippen molar-refractivity contribution in [3.8, 4) is 5.69 Å². The van der Waals surface area contributed by atoms with E-state index in [2.05, 4.69) is 33.1 Å². The molecule has 3 N–H and O–H groups in total. The van der Waals surface area contributed by atoms with Gasteiger partial charge in [0.1, 0.15) is 6.17 Å². The van der Waals surface area contributed by atoms with Gasteiger partial charge >= 0.3 is 0 Å². The van der Waals surface area contributed by atoms with Gasteiger partial charge in [-0.2, -0.15) is 0 Å². The third-order valence-corrected chi connectivity index (χ3v) is 8.27. The molecule has 0 saturated carbocycles. The fraction of sp³-hybridized carbons (Fsp3) is 0.300. The Bertz CT molecular complexity index is 1560. The largest absolute Gasteiger partial charge is 0.395 e. The number of alkyl halides is 1. The fourth-order valence-corrected chi connectivity index (χ4v) is 5.74. The lowest BCUT2D eigenvalue weighted by atomic mass is 10.1. The second kappa shape index (κ2) is 12.7. The van der Waals surface area contributed by atoms with E-state index in [0.717, 1.165) is 55.1 Å². The molecule has 214 valence electrons. The van der Waals surface area contributed by atoms with Crippen molar-refractivity contribution in [1.29, 1.82) is 0 Å². The molecule has 2 amide bonds. The Balaban J connectivity index is 1.47. The number of hydrogen-bond donors (Lipinski definition) is 3. The number of aliphatic hydroxyl groups excluding tert-OH is 1. The van der Waals surface area contributed by atoms with E-state index in [0.29, 0.717) is 39.1 Å². The Hall–Kier alpha value is -3.90. The quantitative estimate of drug-likeness (QED) is 0.239. The highest BCUT2D eigenvalue weighted by Gasteiger charge is 2.20. The first-order valence-corrected chi connectivity index (χ1v) is 14.3. The summed E-state index contributed by atoms with van der Waals surface area (Å²) in [5.74, 6) is -0.394. The van der Waals surface area contributed by atoms with Crippen molar-refractivity contribution >= 4 is 45.8 Å². The molecule has 5 rings (SSSR count). The van der Waals surface area contributed by atoms with Crippen molar-refractivity contribution < 1.29 is 19.1 Å². The molecule has 0 aliphatic carbocycles. The first kappa shape index (κ1) is 28.6. The molecule has 9 nitrogen and oxygen atoms in total. The first-order valence-electron chi connectivity index (χ1n) is 13.5. The number of aliphatic hydroxyl groups is 1. The number of thiophene rings is 1. The van der Waals surface area contributed by atoms with Crippen LogP contribution in [-0.4, -0.2) is 75.6 Å². The molecule has 1 unspecified atom stereocenters. The third-order valence-electron chi connectivity index (χ3n) is 7.03. The molecule has 1 aliphatic heterocycles. The summed E-state index contributed by atoms with van der Waals surface area (Å²) in [6.45, 7) is 10.2. The maximum atomic E-state index is 13.8. The van der Waals surface area contributed by atoms with Gasteiger partial charge in [-0.1, -0.05) is 18.7 Å². The van der Waals surface area contributed by atoms with E-state index in [9.17, 15) is 19.1 Å². The second-order valence-electron chi connectivity index (χ2n) is 9.95. The molecular formula is C30H33FN6O3S. The normalized spacial score (nSPS) is 15.1. The SMILES string of the molecule is C=CC(=O)Nc1cccc(-n2c(NC(=O)c3ccc(C(C)F)s3)nc3cc(CN4CCN(CCO)CC4)ccc32)c1. The average Bonchev–Trinajstić information content (AvgIpc) is 3.60. The van der Waals surface area contributed by atoms with Crippen LogP contribution in [0.1, 0.15) is 33.2 Å². The molecule has 0 bridgehead atoms. The van der Waals surface area contributed by atoms with Crippen LogP contribution in [0.15, 0.2) is 67.3 Å². The Kier molecular flexibility index (Phi) is 8.89. The van der Waals surface area contributed by atoms with E-state index >= 15 is 0 Å². The zero-order valence-electron chi connectivity index (χ0n) is 22.8. The zero-order chi connectivity index (χ0) is 28.9. The van der Waals surface area contributed by atoms with E-state index in [-0.39, 0.29) is 18.4 Å². The summed E-state index contributed by atoms with van der Waals surface area (Å²) in [7, 11) is 0. The molecule has 3 heterocycles. The van der Waals surface area contributed by atoms with E-state index in [4.69, 9.17) is 4.98 Å². The summed E-state index contributed by atoms with van der Waals surface area (Å²) in [6, 6.07) is 16.6. The van der Waals surface area contributed by atoms with Crippen LogP contribution < -0.4 is 10.6 Å². The van der Waals surface area contributed by atoms with Crippen LogP contribution in [0.25, 0.3) is 16.7 Å². The number of fused-ring (bicyclic) bond motifs is 1. The van der Waals surface area contributed by atoms with Crippen molar-refractivity contribution in [1.82, 2.24) is 19.4 Å². The number of hydrogen-bond acceptors (Lipinski definition) is 7. The summed E-state index contributed by atoms with van der Waals surface area (Å²) in [6.07, 6.45) is 0.0442. The second-order valence-corrected chi connectivity index (χ2v) is 11.1. The van der Waals surface area contributed by atoms with Gasteiger partial charge in [0.15, 0.2) is 0 Å². The number of anilines is 2. The molecule has 1 saturated heterocycles. The molecule has 2 aromatic carbocycles. The van der Waals surface area contributed by atoms with Crippen molar-refractivity contribution in [3.63, 3.8) is 0 Å². The van der Waals surface area contributed by atoms with Gasteiger partial charge in [0.25, 0.3) is 5.91 Å². The smallest absolute Gasteiger partial charge is 0.268 e. The summed E-state index contributed by atoms with van der Waals surface area (Å²) in [4.78, 5) is 35.4. The van der Waals surface area contributed by atoms with Gasteiger partial charge in [0, 0.05) is 49.8 Å². The van der Waals surface area contributed by atoms with Gasteiger partial charge in [0.05, 0.1) is 28.2 Å². The summed E-state index contributed by atoms with van der Waals surface area (Å²) >= 11 is 1.11. The predicted octanol–water partition coefficient (Wildman–Crippen LogP) is 4.60. The lowest BCUT2D eigenvalue weighted by Gasteiger charge is -2.34. The summed E-state index contributed by atoms with van der Waals surface area (Å²) in [5, 5.41) is 14.9. The van der Waals surface area contributed by atoms with Crippen LogP contribution in [0, 0.1) is 0 Å². The topological polar surface area (TPSA) is 103 Å². The lowest BCUT2D eigenvalue weighted by Crippen LogP contribution is -2.46. The van der Waals surface area contributed by atoms with Gasteiger partial charge in [-0.25, -0.2) is 9.37 Å². The number of halogens is 1. The van der Waals surface area contributed by atoms with E-state index < -0.39 is 6.17 Å². The van der Waals surface area contributed by atoms with Gasteiger partial charge in [0.2, 0.25) is 11.9 Å². The van der Waals surface area contributed by atoms with Gasteiger partial charge in [-0.3, -0.25) is 29.3 Å². The zero-order valence-corrected chi connectivity index (χ0v) is 23.7. The number of carbonyl (C=O) groups excluding carboxylic acids is 2. The van der Waals surface area contributed by atoms with Crippen molar-refractivity contribution in [3.05, 3.63) is 82.6 Å². The van der Waals surface area contributed by atoms with Crippen LogP contribution in [0.5, 0.6) is 0 Å². The first-order chi connectivity index (χ1) is 19.8. The Morgan fingerprint density at radius 3 is 2.59 bits per heavy atom. The van der Waals surface area contributed by atoms with Crippen molar-refractivity contribution in [2.24, 2.45) is 0 Å². The molecule has 1 aliphatic rings. The fourth-order valence-electron chi connectivity index (χ4n) is 4.91. The number of imidazole rings is 1. The standard InChI is InChI=1S/C30H33FN6O3S/c1-3-28(39)32-22-5-4-6-23(18-22)37-25-8-7-21(19-36-13-11-35(12-14-36)15-16-38)17-24(25)33-30(37)34-29(40)27-10-9-26(41-27)20(2)31/h3-10,17-18,20,38H,1,11-16,19H2,2H3,(H,32,39)(H,33,34,40). The predicted molar refractivity (Wildman–Crippen MR) is 160 cm³/mol. The minimum Gasteiger partial charge on any atom is -0.395 e. The number of benzene rings is 2. The monoisotopic (exact) mass is 576 g/mol. The minimum absolute atomic E-state index is 0.171. The van der Waals surface area contributed by atoms with E-state index in [1.807, 2.05) is 28.8 Å². The average molecular weight is 577 g/mol. The van der Waals surface area contributed by atoms with Crippen LogP contribution in [0.2, 0.25) is 0 Å². The molecule has 4 aromatic rings. The Morgan fingerprint density at radius 2 is 1.88 bits per heavy atom. The molecule has 0 radical (unpaired) electrons. The molecule has 1 atom stereocenters. The molecule has 11 heteroatoms. The van der Waals surface area contributed by atoms with Gasteiger partial charge in [-0.05, 0) is 61.0 Å². The van der Waals surface area contributed by atoms with Crippen LogP contribution in [0.3, 0.4) is 0 Å². The molecule has 2 aromatic heterocycles. The number of β-amino-alcohol motifs (C(OH)–C–C–N with tert-alkyl or cyclic N) is 1. The number of carbonyl (C=O) groups is 2. The summed E-state index contributed by atoms with van der Waals surface area (Å²) in [5.41, 5.74) is 3.86. The number of nitrogens with zero attached hydrogens (tertiary/aromatic N) is 4. The van der Waals surface area contributed by atoms with Crippen molar-refractivity contribution in [2.75, 3.05) is 50.0 Å². The number of aromatic nitrogens is 2. The minimum atomic E-state index is -1.16. The summed E-state index contributed by atoms with van der Waals surface area (Å²) < 4.78 is 15.6. The highest BCUT2D eigenvalue weighted by molar-refractivity contribution is 7.14. The molecule has 41 heavy (non-hydrogen) atoms. The van der Waals surface area contributed by atoms with Gasteiger partial charge < -0.3 is 10.4 Å². The number of rotatable bonds is 10. The Morgan fingerprint density at radius 1 is 1.10 bits per heavy atom. The van der Waals surface area contributed by atoms with E-state index in [1.54, 1.807) is 24.3 Å². The number of amides is 2. The van der Waals surface area contributed by atoms with Crippen molar-refractivity contribution in [2.45, 2.75) is 19.6 Å².